The molecule has 0 spiro atoms. The Morgan fingerprint density at radius 2 is 1.63 bits per heavy atom. The average Bonchev–Trinajstić information content (AvgIpc) is 2.61. The van der Waals surface area contributed by atoms with E-state index in [1.165, 1.54) is 24.3 Å². The quantitative estimate of drug-likeness (QED) is 0.774. The molecule has 0 aromatic heterocycles. The summed E-state index contributed by atoms with van der Waals surface area (Å²) >= 11 is 0. The van der Waals surface area contributed by atoms with Crippen LogP contribution in [0.5, 0.6) is 0 Å². The minimum Gasteiger partial charge on any atom is -0.350 e. The van der Waals surface area contributed by atoms with Crippen LogP contribution < -0.4 is 10.0 Å². The highest BCUT2D eigenvalue weighted by molar-refractivity contribution is 7.92. The van der Waals surface area contributed by atoms with Crippen LogP contribution in [-0.2, 0) is 15.4 Å². The van der Waals surface area contributed by atoms with Crippen molar-refractivity contribution in [3.63, 3.8) is 0 Å². The zero-order chi connectivity index (χ0) is 20.2. The summed E-state index contributed by atoms with van der Waals surface area (Å²) in [7, 11) is -3.75. The van der Waals surface area contributed by atoms with Gasteiger partial charge in [0.15, 0.2) is 0 Å². The number of anilines is 1. The van der Waals surface area contributed by atoms with Gasteiger partial charge in [-0.3, -0.25) is 9.52 Å². The molecule has 1 amide bonds. The fourth-order valence-corrected chi connectivity index (χ4v) is 3.70. The van der Waals surface area contributed by atoms with Crippen molar-refractivity contribution in [1.29, 1.82) is 0 Å². The number of carbonyl (C=O) groups excluding carboxylic acids is 1. The van der Waals surface area contributed by atoms with Gasteiger partial charge in [-0.25, -0.2) is 8.42 Å². The van der Waals surface area contributed by atoms with Gasteiger partial charge in [-0.1, -0.05) is 45.9 Å². The van der Waals surface area contributed by atoms with Gasteiger partial charge in [-0.15, -0.1) is 0 Å². The van der Waals surface area contributed by atoms with Crippen LogP contribution in [0, 0.1) is 0 Å². The molecule has 0 radical (unpaired) electrons. The predicted octanol–water partition coefficient (Wildman–Crippen LogP) is 4.31. The van der Waals surface area contributed by atoms with Crippen molar-refractivity contribution < 1.29 is 13.2 Å². The summed E-state index contributed by atoms with van der Waals surface area (Å²) in [5.41, 5.74) is 1.71. The summed E-state index contributed by atoms with van der Waals surface area (Å²) in [4.78, 5) is 12.3. The molecule has 0 heterocycles. The third kappa shape index (κ3) is 5.32. The second-order valence-corrected chi connectivity index (χ2v) is 9.39. The van der Waals surface area contributed by atoms with Gasteiger partial charge in [-0.05, 0) is 54.7 Å². The van der Waals surface area contributed by atoms with Gasteiger partial charge < -0.3 is 5.32 Å². The molecule has 6 heteroatoms. The van der Waals surface area contributed by atoms with Crippen molar-refractivity contribution in [3.05, 3.63) is 59.7 Å². The number of nitrogens with one attached hydrogen (secondary N) is 2. The lowest BCUT2D eigenvalue weighted by Crippen LogP contribution is -2.31. The Balaban J connectivity index is 2.25. The predicted molar refractivity (Wildman–Crippen MR) is 110 cm³/mol. The van der Waals surface area contributed by atoms with Crippen LogP contribution in [-0.4, -0.2) is 20.4 Å². The molecule has 0 aliphatic heterocycles. The molecule has 2 aromatic rings. The van der Waals surface area contributed by atoms with Crippen molar-refractivity contribution >= 4 is 21.6 Å². The van der Waals surface area contributed by atoms with Gasteiger partial charge in [0.1, 0.15) is 0 Å². The topological polar surface area (TPSA) is 75.3 Å². The first-order chi connectivity index (χ1) is 12.5. The molecular weight excluding hydrogens is 360 g/mol. The van der Waals surface area contributed by atoms with E-state index < -0.39 is 10.0 Å². The first-order valence-corrected chi connectivity index (χ1v) is 10.6. The van der Waals surface area contributed by atoms with E-state index in [-0.39, 0.29) is 22.3 Å². The summed E-state index contributed by atoms with van der Waals surface area (Å²) in [6.07, 6.45) is 0.829. The lowest BCUT2D eigenvalue weighted by molar-refractivity contribution is 0.0939. The van der Waals surface area contributed by atoms with E-state index in [1.807, 2.05) is 46.8 Å². The van der Waals surface area contributed by atoms with Gasteiger partial charge in [0.25, 0.3) is 15.9 Å². The molecule has 2 N–H and O–H groups in total. The van der Waals surface area contributed by atoms with Crippen molar-refractivity contribution in [2.45, 2.75) is 57.4 Å². The molecule has 2 rings (SSSR count). The zero-order valence-corrected chi connectivity index (χ0v) is 17.4. The van der Waals surface area contributed by atoms with Crippen molar-refractivity contribution in [3.8, 4) is 0 Å². The monoisotopic (exact) mass is 388 g/mol. The van der Waals surface area contributed by atoms with Gasteiger partial charge in [0.05, 0.1) is 10.6 Å². The molecule has 2 aromatic carbocycles. The van der Waals surface area contributed by atoms with Crippen LogP contribution in [0.2, 0.25) is 0 Å². The second-order valence-electron chi connectivity index (χ2n) is 7.71. The molecule has 1 atom stereocenters. The number of sulfonamides is 1. The van der Waals surface area contributed by atoms with E-state index in [4.69, 9.17) is 0 Å². The molecule has 5 nitrogen and oxygen atoms in total. The second kappa shape index (κ2) is 8.13. The summed E-state index contributed by atoms with van der Waals surface area (Å²) < 4.78 is 28.2. The minimum atomic E-state index is -3.75. The van der Waals surface area contributed by atoms with Crippen LogP contribution >= 0.6 is 0 Å². The molecule has 1 unspecified atom stereocenters. The molecule has 0 bridgehead atoms. The Labute approximate surface area is 162 Å². The molecule has 0 fully saturated rings. The highest BCUT2D eigenvalue weighted by Gasteiger charge is 2.22. The minimum absolute atomic E-state index is 0.0662. The number of rotatable bonds is 6. The molecule has 0 saturated carbocycles. The molecule has 146 valence electrons. The lowest BCUT2D eigenvalue weighted by atomic mass is 9.86. The Hall–Kier alpha value is -2.34. The van der Waals surface area contributed by atoms with Gasteiger partial charge >= 0.3 is 0 Å². The van der Waals surface area contributed by atoms with Crippen LogP contribution in [0.25, 0.3) is 0 Å². The van der Waals surface area contributed by atoms with Crippen LogP contribution in [0.3, 0.4) is 0 Å². The van der Waals surface area contributed by atoms with E-state index in [0.29, 0.717) is 11.3 Å². The summed E-state index contributed by atoms with van der Waals surface area (Å²) in [6, 6.07) is 13.4. The van der Waals surface area contributed by atoms with E-state index in [9.17, 15) is 13.2 Å². The maximum absolute atomic E-state index is 12.8. The highest BCUT2D eigenvalue weighted by Crippen LogP contribution is 2.30. The number of benzene rings is 2. The average molecular weight is 389 g/mol. The largest absolute Gasteiger partial charge is 0.350 e. The third-order valence-electron chi connectivity index (χ3n) is 4.40. The van der Waals surface area contributed by atoms with Gasteiger partial charge in [0, 0.05) is 11.6 Å². The number of hydrogen-bond donors (Lipinski definition) is 2. The van der Waals surface area contributed by atoms with Gasteiger partial charge in [0.2, 0.25) is 0 Å². The maximum atomic E-state index is 12.8. The van der Waals surface area contributed by atoms with Gasteiger partial charge in [-0.2, -0.15) is 0 Å². The van der Waals surface area contributed by atoms with Crippen molar-refractivity contribution in [2.75, 3.05) is 4.72 Å². The SMILES string of the molecule is CCC(C)NC(=O)c1ccc(S(=O)(=O)Nc2ccccc2C(C)(C)C)cc1. The molecule has 0 aliphatic rings. The van der Waals surface area contributed by atoms with E-state index in [0.717, 1.165) is 12.0 Å². The normalized spacial score (nSPS) is 13.1. The number of amides is 1. The Kier molecular flexibility index (Phi) is 6.31. The first kappa shape index (κ1) is 21.0. The van der Waals surface area contributed by atoms with Crippen LogP contribution in [0.4, 0.5) is 5.69 Å². The van der Waals surface area contributed by atoms with E-state index in [1.54, 1.807) is 12.1 Å². The maximum Gasteiger partial charge on any atom is 0.261 e. The van der Waals surface area contributed by atoms with Crippen LogP contribution in [0.1, 0.15) is 57.0 Å². The van der Waals surface area contributed by atoms with E-state index in [2.05, 4.69) is 10.0 Å². The Bertz CT molecular complexity index is 898. The van der Waals surface area contributed by atoms with Crippen molar-refractivity contribution in [1.82, 2.24) is 5.32 Å². The Morgan fingerprint density at radius 3 is 2.19 bits per heavy atom. The fraction of sp³-hybridized carbons (Fsp3) is 0.381. The number of para-hydroxylation sites is 1. The summed E-state index contributed by atoms with van der Waals surface area (Å²) in [5, 5.41) is 2.86. The fourth-order valence-electron chi connectivity index (χ4n) is 2.62. The first-order valence-electron chi connectivity index (χ1n) is 9.08. The molecule has 0 saturated heterocycles. The number of hydrogen-bond acceptors (Lipinski definition) is 3. The number of carbonyl (C=O) groups is 1. The highest BCUT2D eigenvalue weighted by atomic mass is 32.2. The van der Waals surface area contributed by atoms with Crippen LogP contribution in [0.15, 0.2) is 53.4 Å². The molecular formula is C21H28N2O3S. The van der Waals surface area contributed by atoms with Crippen molar-refractivity contribution in [2.24, 2.45) is 0 Å². The molecule has 0 aliphatic carbocycles. The third-order valence-corrected chi connectivity index (χ3v) is 5.78. The summed E-state index contributed by atoms with van der Waals surface area (Å²) in [6.45, 7) is 10.0. The lowest BCUT2D eigenvalue weighted by Gasteiger charge is -2.23. The smallest absolute Gasteiger partial charge is 0.261 e. The summed E-state index contributed by atoms with van der Waals surface area (Å²) in [5.74, 6) is -0.209. The molecule has 27 heavy (non-hydrogen) atoms. The standard InChI is InChI=1S/C21H28N2O3S/c1-6-15(2)22-20(24)16-11-13-17(14-12-16)27(25,26)23-19-10-8-7-9-18(19)21(3,4)5/h7-15,23H,6H2,1-5H3,(H,22,24). The Morgan fingerprint density at radius 1 is 1.04 bits per heavy atom. The zero-order valence-electron chi connectivity index (χ0n) is 16.5. The van der Waals surface area contributed by atoms with E-state index >= 15 is 0 Å².